The molecule has 0 spiro atoms. The van der Waals surface area contributed by atoms with Crippen molar-refractivity contribution in [3.8, 4) is 0 Å². The van der Waals surface area contributed by atoms with Crippen molar-refractivity contribution >= 4 is 42.7 Å². The summed E-state index contributed by atoms with van der Waals surface area (Å²) in [6.45, 7) is 0.314. The molecule has 2 amide bonds. The molecule has 0 aliphatic heterocycles. The molecule has 1 aliphatic carbocycles. The summed E-state index contributed by atoms with van der Waals surface area (Å²) in [6.07, 6.45) is -0.241. The molecular weight excluding hydrogens is 403 g/mol. The Labute approximate surface area is 175 Å². The van der Waals surface area contributed by atoms with E-state index in [2.05, 4.69) is 5.32 Å². The van der Waals surface area contributed by atoms with Crippen molar-refractivity contribution in [2.45, 2.75) is 24.9 Å². The number of fused-ring (bicyclic) bond motifs is 1. The third-order valence-electron chi connectivity index (χ3n) is 4.51. The third-order valence-corrected chi connectivity index (χ3v) is 4.51. The number of benzene rings is 2. The normalized spacial score (nSPS) is 13.3. The first-order chi connectivity index (χ1) is 12.4. The fourth-order valence-corrected chi connectivity index (χ4v) is 3.13. The molecule has 0 aromatic heterocycles. The molecule has 0 unspecified atom stereocenters. The summed E-state index contributed by atoms with van der Waals surface area (Å²) in [5, 5.41) is 21.1. The van der Waals surface area contributed by atoms with Crippen LogP contribution in [0.3, 0.4) is 0 Å². The van der Waals surface area contributed by atoms with Gasteiger partial charge in [0.15, 0.2) is 0 Å². The summed E-state index contributed by atoms with van der Waals surface area (Å²) < 4.78 is 0. The van der Waals surface area contributed by atoms with Crippen LogP contribution in [0, 0.1) is 5.41 Å². The minimum Gasteiger partial charge on any atom is -0.465 e. The van der Waals surface area contributed by atoms with Gasteiger partial charge in [0.05, 0.1) is 0 Å². The van der Waals surface area contributed by atoms with Crippen LogP contribution in [0.15, 0.2) is 48.5 Å². The lowest BCUT2D eigenvalue weighted by molar-refractivity contribution is -0.126. The summed E-state index contributed by atoms with van der Waals surface area (Å²) in [4.78, 5) is 23.1. The van der Waals surface area contributed by atoms with E-state index in [1.165, 1.54) is 0 Å². The van der Waals surface area contributed by atoms with Crippen LogP contribution in [0.4, 0.5) is 4.79 Å². The van der Waals surface area contributed by atoms with Gasteiger partial charge < -0.3 is 16.2 Å². The van der Waals surface area contributed by atoms with E-state index in [0.29, 0.717) is 24.9 Å². The summed E-state index contributed by atoms with van der Waals surface area (Å²) in [6, 6.07) is 14.6. The monoisotopic (exact) mass is 424 g/mol. The van der Waals surface area contributed by atoms with Gasteiger partial charge in [0.2, 0.25) is 5.91 Å². The molecule has 2 aromatic rings. The number of carbonyl (C=O) groups excluding carboxylic acids is 1. The second-order valence-corrected chi connectivity index (χ2v) is 6.46. The van der Waals surface area contributed by atoms with E-state index in [9.17, 15) is 9.59 Å². The molecule has 0 saturated carbocycles. The number of amidine groups is 1. The zero-order chi connectivity index (χ0) is 18.7. The minimum atomic E-state index is -1.28. The van der Waals surface area contributed by atoms with E-state index in [-0.39, 0.29) is 36.6 Å². The number of halogens is 2. The fourth-order valence-electron chi connectivity index (χ4n) is 3.13. The zero-order valence-corrected chi connectivity index (χ0v) is 16.5. The standard InChI is InChI=1S/C19H20N4O3.2ClH/c20-16(23-18(25)26)13-7-5-12(6-8-13)11-22-17(24)19(21)9-14-3-1-2-4-15(14)10-19;;/h1-8H,9-11,21H2,(H2,20,23)(H,22,24)(H,25,26);2*1H. The van der Waals surface area contributed by atoms with Gasteiger partial charge in [-0.3, -0.25) is 15.5 Å². The molecule has 0 atom stereocenters. The minimum absolute atomic E-state index is 0. The Balaban J connectivity index is 0.00000196. The highest BCUT2D eigenvalue weighted by Crippen LogP contribution is 2.28. The smallest absolute Gasteiger partial charge is 0.410 e. The summed E-state index contributed by atoms with van der Waals surface area (Å²) in [5.74, 6) is -0.393. The molecule has 3 rings (SSSR count). The molecule has 9 heteroatoms. The molecule has 6 N–H and O–H groups in total. The van der Waals surface area contributed by atoms with E-state index in [1.807, 2.05) is 29.6 Å². The predicted octanol–water partition coefficient (Wildman–Crippen LogP) is 2.24. The Morgan fingerprint density at radius 2 is 1.57 bits per heavy atom. The average molecular weight is 425 g/mol. The predicted molar refractivity (Wildman–Crippen MR) is 112 cm³/mol. The zero-order valence-electron chi connectivity index (χ0n) is 14.9. The van der Waals surface area contributed by atoms with Crippen molar-refractivity contribution < 1.29 is 14.7 Å². The van der Waals surface area contributed by atoms with Gasteiger partial charge in [-0.15, -0.1) is 24.8 Å². The topological polar surface area (TPSA) is 128 Å². The largest absolute Gasteiger partial charge is 0.465 e. The van der Waals surface area contributed by atoms with Gasteiger partial charge in [0.1, 0.15) is 11.4 Å². The van der Waals surface area contributed by atoms with Gasteiger partial charge in [0.25, 0.3) is 0 Å². The molecule has 150 valence electrons. The number of hydrogen-bond donors (Lipinski definition) is 5. The van der Waals surface area contributed by atoms with E-state index in [1.54, 1.807) is 24.3 Å². The van der Waals surface area contributed by atoms with Crippen LogP contribution in [0.1, 0.15) is 22.3 Å². The van der Waals surface area contributed by atoms with Gasteiger partial charge in [-0.25, -0.2) is 4.79 Å². The number of amides is 2. The Hall–Kier alpha value is -2.61. The van der Waals surface area contributed by atoms with Crippen molar-refractivity contribution in [2.75, 3.05) is 0 Å². The lowest BCUT2D eigenvalue weighted by atomic mass is 9.96. The van der Waals surface area contributed by atoms with E-state index in [4.69, 9.17) is 16.2 Å². The first-order valence-corrected chi connectivity index (χ1v) is 8.19. The molecule has 1 aliphatic rings. The number of hydrogen-bond acceptors (Lipinski definition) is 4. The highest BCUT2D eigenvalue weighted by Gasteiger charge is 2.39. The number of nitrogens with two attached hydrogens (primary N) is 1. The Bertz CT molecular complexity index is 847. The van der Waals surface area contributed by atoms with Gasteiger partial charge in [-0.05, 0) is 29.5 Å². The number of carbonyl (C=O) groups is 2. The highest BCUT2D eigenvalue weighted by molar-refractivity contribution is 6.04. The fraction of sp³-hybridized carbons (Fsp3) is 0.211. The maximum absolute atomic E-state index is 12.6. The molecule has 0 saturated heterocycles. The molecule has 0 fully saturated rings. The second-order valence-electron chi connectivity index (χ2n) is 6.46. The second kappa shape index (κ2) is 9.54. The highest BCUT2D eigenvalue weighted by atomic mass is 35.5. The Morgan fingerprint density at radius 3 is 2.07 bits per heavy atom. The number of nitrogens with one attached hydrogen (secondary N) is 3. The summed E-state index contributed by atoms with van der Waals surface area (Å²) >= 11 is 0. The van der Waals surface area contributed by atoms with E-state index >= 15 is 0 Å². The first kappa shape index (κ1) is 23.4. The van der Waals surface area contributed by atoms with E-state index < -0.39 is 11.6 Å². The van der Waals surface area contributed by atoms with Crippen LogP contribution < -0.4 is 16.4 Å². The van der Waals surface area contributed by atoms with Crippen molar-refractivity contribution in [2.24, 2.45) is 5.73 Å². The van der Waals surface area contributed by atoms with Crippen LogP contribution in [0.25, 0.3) is 0 Å². The van der Waals surface area contributed by atoms with Crippen molar-refractivity contribution in [1.29, 1.82) is 5.41 Å². The van der Waals surface area contributed by atoms with Gasteiger partial charge in [-0.1, -0.05) is 48.5 Å². The Morgan fingerprint density at radius 1 is 1.04 bits per heavy atom. The van der Waals surface area contributed by atoms with Crippen LogP contribution in [-0.2, 0) is 24.2 Å². The van der Waals surface area contributed by atoms with Gasteiger partial charge >= 0.3 is 6.09 Å². The maximum atomic E-state index is 12.6. The Kier molecular flexibility index (Phi) is 7.99. The quantitative estimate of drug-likeness (QED) is 0.380. The van der Waals surface area contributed by atoms with Crippen LogP contribution in [0.5, 0.6) is 0 Å². The van der Waals surface area contributed by atoms with E-state index in [0.717, 1.165) is 16.7 Å². The summed E-state index contributed by atoms with van der Waals surface area (Å²) in [7, 11) is 0. The molecule has 0 heterocycles. The first-order valence-electron chi connectivity index (χ1n) is 8.19. The molecule has 0 radical (unpaired) electrons. The molecule has 28 heavy (non-hydrogen) atoms. The molecule has 7 nitrogen and oxygen atoms in total. The number of rotatable bonds is 4. The molecule has 0 bridgehead atoms. The average Bonchev–Trinajstić information content (AvgIpc) is 2.97. The number of carboxylic acid groups (broad SMARTS) is 1. The lowest BCUT2D eigenvalue weighted by Crippen LogP contribution is -2.54. The van der Waals surface area contributed by atoms with Gasteiger partial charge in [0, 0.05) is 12.1 Å². The van der Waals surface area contributed by atoms with Crippen LogP contribution in [-0.4, -0.2) is 28.5 Å². The third kappa shape index (κ3) is 5.22. The summed E-state index contributed by atoms with van der Waals surface area (Å²) in [5.41, 5.74) is 8.90. The molecular formula is C19H22Cl2N4O3. The van der Waals surface area contributed by atoms with Crippen LogP contribution >= 0.6 is 24.8 Å². The van der Waals surface area contributed by atoms with Gasteiger partial charge in [-0.2, -0.15) is 0 Å². The molecule has 2 aromatic carbocycles. The maximum Gasteiger partial charge on any atom is 0.410 e. The van der Waals surface area contributed by atoms with Crippen LogP contribution in [0.2, 0.25) is 0 Å². The lowest BCUT2D eigenvalue weighted by Gasteiger charge is -2.22. The van der Waals surface area contributed by atoms with Crippen molar-refractivity contribution in [1.82, 2.24) is 10.6 Å². The SMILES string of the molecule is Cl.Cl.N=C(NC(=O)O)c1ccc(CNC(=O)C2(N)Cc3ccccc3C2)cc1. The van der Waals surface area contributed by atoms with Crippen molar-refractivity contribution in [3.05, 3.63) is 70.8 Å². The van der Waals surface area contributed by atoms with Crippen molar-refractivity contribution in [3.63, 3.8) is 0 Å².